The molecule has 0 radical (unpaired) electrons. The van der Waals surface area contributed by atoms with E-state index in [1.807, 2.05) is 0 Å². The van der Waals surface area contributed by atoms with Crippen LogP contribution in [0.25, 0.3) is 0 Å². The molecule has 5 nitrogen and oxygen atoms in total. The van der Waals surface area contributed by atoms with Gasteiger partial charge in [-0.1, -0.05) is 0 Å². The summed E-state index contributed by atoms with van der Waals surface area (Å²) in [6.07, 6.45) is 3.76. The minimum atomic E-state index is -2.97. The van der Waals surface area contributed by atoms with Crippen molar-refractivity contribution in [2.24, 2.45) is 5.73 Å². The van der Waals surface area contributed by atoms with Crippen LogP contribution in [0.1, 0.15) is 32.1 Å². The van der Waals surface area contributed by atoms with Crippen LogP contribution in [-0.4, -0.2) is 37.4 Å². The lowest BCUT2D eigenvalue weighted by Crippen LogP contribution is -2.61. The van der Waals surface area contributed by atoms with Gasteiger partial charge < -0.3 is 11.1 Å². The maximum absolute atomic E-state index is 11.8. The molecular formula is C10H18N2O3S. The zero-order valence-electron chi connectivity index (χ0n) is 9.24. The Balaban J connectivity index is 1.92. The maximum atomic E-state index is 11.8. The number of hydrogen-bond acceptors (Lipinski definition) is 4. The molecule has 3 N–H and O–H groups in total. The quantitative estimate of drug-likeness (QED) is 0.691. The van der Waals surface area contributed by atoms with Crippen LogP contribution in [0.5, 0.6) is 0 Å². The van der Waals surface area contributed by atoms with E-state index in [9.17, 15) is 13.2 Å². The predicted octanol–water partition coefficient (Wildman–Crippen LogP) is -0.439. The van der Waals surface area contributed by atoms with Gasteiger partial charge in [-0.25, -0.2) is 8.42 Å². The fourth-order valence-corrected chi connectivity index (χ4v) is 3.89. The first kappa shape index (κ1) is 11.9. The number of sulfone groups is 1. The first-order chi connectivity index (χ1) is 7.41. The van der Waals surface area contributed by atoms with Gasteiger partial charge in [0.25, 0.3) is 0 Å². The molecule has 2 fully saturated rings. The van der Waals surface area contributed by atoms with Crippen LogP contribution in [-0.2, 0) is 14.6 Å². The molecule has 1 unspecified atom stereocenters. The molecule has 0 aromatic carbocycles. The lowest BCUT2D eigenvalue weighted by Gasteiger charge is -2.38. The SMILES string of the molecule is NC1(C(=O)NC2CCCS(=O)(=O)C2)CCC1. The Morgan fingerprint density at radius 2 is 2.00 bits per heavy atom. The molecule has 1 atom stereocenters. The van der Waals surface area contributed by atoms with Crippen molar-refractivity contribution >= 4 is 15.7 Å². The third-order valence-corrected chi connectivity index (χ3v) is 5.32. The summed E-state index contributed by atoms with van der Waals surface area (Å²) in [5.41, 5.74) is 5.13. The van der Waals surface area contributed by atoms with Gasteiger partial charge >= 0.3 is 0 Å². The van der Waals surface area contributed by atoms with Gasteiger partial charge in [0.15, 0.2) is 9.84 Å². The summed E-state index contributed by atoms with van der Waals surface area (Å²) in [6.45, 7) is 0. The van der Waals surface area contributed by atoms with Gasteiger partial charge in [-0.15, -0.1) is 0 Å². The van der Waals surface area contributed by atoms with E-state index in [1.54, 1.807) is 0 Å². The molecule has 0 aromatic heterocycles. The molecular weight excluding hydrogens is 228 g/mol. The van der Waals surface area contributed by atoms with Crippen molar-refractivity contribution in [1.29, 1.82) is 0 Å². The van der Waals surface area contributed by atoms with E-state index < -0.39 is 15.4 Å². The smallest absolute Gasteiger partial charge is 0.240 e. The predicted molar refractivity (Wildman–Crippen MR) is 60.6 cm³/mol. The molecule has 6 heteroatoms. The molecule has 1 saturated heterocycles. The van der Waals surface area contributed by atoms with E-state index in [0.717, 1.165) is 12.8 Å². The highest BCUT2D eigenvalue weighted by atomic mass is 32.2. The Bertz CT molecular complexity index is 387. The molecule has 0 bridgehead atoms. The summed E-state index contributed by atoms with van der Waals surface area (Å²) in [6, 6.07) is -0.243. The average molecular weight is 246 g/mol. The zero-order valence-corrected chi connectivity index (χ0v) is 10.1. The Morgan fingerprint density at radius 1 is 1.31 bits per heavy atom. The van der Waals surface area contributed by atoms with Crippen molar-refractivity contribution < 1.29 is 13.2 Å². The van der Waals surface area contributed by atoms with Gasteiger partial charge in [0.05, 0.1) is 17.0 Å². The Morgan fingerprint density at radius 3 is 2.50 bits per heavy atom. The molecule has 1 aliphatic heterocycles. The number of rotatable bonds is 2. The normalized spacial score (nSPS) is 31.4. The first-order valence-corrected chi connectivity index (χ1v) is 7.54. The van der Waals surface area contributed by atoms with Gasteiger partial charge in [-0.2, -0.15) is 0 Å². The monoisotopic (exact) mass is 246 g/mol. The molecule has 1 amide bonds. The molecule has 1 heterocycles. The molecule has 16 heavy (non-hydrogen) atoms. The molecule has 1 aliphatic carbocycles. The van der Waals surface area contributed by atoms with Gasteiger partial charge in [-0.3, -0.25) is 4.79 Å². The number of nitrogens with one attached hydrogen (secondary N) is 1. The fraction of sp³-hybridized carbons (Fsp3) is 0.900. The summed E-state index contributed by atoms with van der Waals surface area (Å²) in [4.78, 5) is 11.8. The van der Waals surface area contributed by atoms with Gasteiger partial charge in [0.2, 0.25) is 5.91 Å². The van der Waals surface area contributed by atoms with Crippen LogP contribution >= 0.6 is 0 Å². The van der Waals surface area contributed by atoms with Crippen molar-refractivity contribution in [3.63, 3.8) is 0 Å². The third-order valence-electron chi connectivity index (χ3n) is 3.50. The topological polar surface area (TPSA) is 89.3 Å². The van der Waals surface area contributed by atoms with Crippen molar-refractivity contribution in [1.82, 2.24) is 5.32 Å². The van der Waals surface area contributed by atoms with E-state index in [1.165, 1.54) is 0 Å². The summed E-state index contributed by atoms with van der Waals surface area (Å²) >= 11 is 0. The first-order valence-electron chi connectivity index (χ1n) is 5.72. The second-order valence-electron chi connectivity index (χ2n) is 4.94. The summed E-state index contributed by atoms with van der Waals surface area (Å²) in [7, 11) is -2.97. The zero-order chi connectivity index (χ0) is 11.8. The van der Waals surface area contributed by atoms with Crippen molar-refractivity contribution in [2.75, 3.05) is 11.5 Å². The maximum Gasteiger partial charge on any atom is 0.240 e. The summed E-state index contributed by atoms with van der Waals surface area (Å²) < 4.78 is 22.8. The van der Waals surface area contributed by atoms with Crippen LogP contribution < -0.4 is 11.1 Å². The molecule has 1 saturated carbocycles. The average Bonchev–Trinajstić information content (AvgIpc) is 2.12. The molecule has 2 aliphatic rings. The van der Waals surface area contributed by atoms with Crippen LogP contribution in [0.2, 0.25) is 0 Å². The standard InChI is InChI=1S/C10H18N2O3S/c11-10(4-2-5-10)9(13)12-8-3-1-6-16(14,15)7-8/h8H,1-7,11H2,(H,12,13). The third kappa shape index (κ3) is 2.38. The molecule has 92 valence electrons. The molecule has 2 rings (SSSR count). The van der Waals surface area contributed by atoms with Crippen LogP contribution in [0.15, 0.2) is 0 Å². The van der Waals surface area contributed by atoms with Gasteiger partial charge in [0, 0.05) is 6.04 Å². The molecule has 0 spiro atoms. The number of carbonyl (C=O) groups is 1. The van der Waals surface area contributed by atoms with Crippen LogP contribution in [0.4, 0.5) is 0 Å². The minimum absolute atomic E-state index is 0.0643. The Labute approximate surface area is 95.7 Å². The Hall–Kier alpha value is -0.620. The lowest BCUT2D eigenvalue weighted by molar-refractivity contribution is -0.129. The number of hydrogen-bond donors (Lipinski definition) is 2. The van der Waals surface area contributed by atoms with E-state index in [-0.39, 0.29) is 23.5 Å². The van der Waals surface area contributed by atoms with Gasteiger partial charge in [0.1, 0.15) is 0 Å². The van der Waals surface area contributed by atoms with Crippen molar-refractivity contribution in [3.8, 4) is 0 Å². The lowest BCUT2D eigenvalue weighted by atomic mass is 9.77. The minimum Gasteiger partial charge on any atom is -0.351 e. The number of carbonyl (C=O) groups excluding carboxylic acids is 1. The fourth-order valence-electron chi connectivity index (χ4n) is 2.25. The van der Waals surface area contributed by atoms with E-state index >= 15 is 0 Å². The van der Waals surface area contributed by atoms with Crippen molar-refractivity contribution in [2.45, 2.75) is 43.7 Å². The Kier molecular flexibility index (Phi) is 2.96. The highest BCUT2D eigenvalue weighted by molar-refractivity contribution is 7.91. The van der Waals surface area contributed by atoms with Crippen LogP contribution in [0, 0.1) is 0 Å². The highest BCUT2D eigenvalue weighted by Gasteiger charge is 2.41. The summed E-state index contributed by atoms with van der Waals surface area (Å²) in [5.74, 6) is 0.128. The molecule has 0 aromatic rings. The summed E-state index contributed by atoms with van der Waals surface area (Å²) in [5, 5.41) is 2.77. The number of amides is 1. The van der Waals surface area contributed by atoms with E-state index in [4.69, 9.17) is 5.73 Å². The van der Waals surface area contributed by atoms with E-state index in [0.29, 0.717) is 19.3 Å². The van der Waals surface area contributed by atoms with Crippen molar-refractivity contribution in [3.05, 3.63) is 0 Å². The second kappa shape index (κ2) is 4.00. The highest BCUT2D eigenvalue weighted by Crippen LogP contribution is 2.29. The number of nitrogens with two attached hydrogens (primary N) is 1. The largest absolute Gasteiger partial charge is 0.351 e. The van der Waals surface area contributed by atoms with E-state index in [2.05, 4.69) is 5.32 Å². The van der Waals surface area contributed by atoms with Gasteiger partial charge in [-0.05, 0) is 32.1 Å². The second-order valence-corrected chi connectivity index (χ2v) is 7.17. The van der Waals surface area contributed by atoms with Crippen LogP contribution in [0.3, 0.4) is 0 Å².